The van der Waals surface area contributed by atoms with E-state index in [0.717, 1.165) is 45.6 Å². The molecule has 7 heteroatoms. The summed E-state index contributed by atoms with van der Waals surface area (Å²) in [6, 6.07) is 4.50. The first kappa shape index (κ1) is 20.3. The van der Waals surface area contributed by atoms with Crippen LogP contribution in [0.2, 0.25) is 0 Å². The summed E-state index contributed by atoms with van der Waals surface area (Å²) in [7, 11) is 2.15. The lowest BCUT2D eigenvalue weighted by molar-refractivity contribution is -0.138. The first-order chi connectivity index (χ1) is 13.0. The molecule has 1 aromatic rings. The van der Waals surface area contributed by atoms with Gasteiger partial charge < -0.3 is 14.9 Å². The number of aryl methyl sites for hydroxylation is 1. The van der Waals surface area contributed by atoms with Crippen molar-refractivity contribution in [2.75, 3.05) is 46.3 Å². The van der Waals surface area contributed by atoms with Crippen LogP contribution in [-0.2, 0) is 16.0 Å². The van der Waals surface area contributed by atoms with Crippen molar-refractivity contribution in [3.63, 3.8) is 0 Å². The van der Waals surface area contributed by atoms with Crippen molar-refractivity contribution in [3.05, 3.63) is 22.4 Å². The number of nitrogens with zero attached hydrogens (tertiary/aromatic N) is 3. The van der Waals surface area contributed by atoms with E-state index in [2.05, 4.69) is 22.9 Å². The second-order valence-corrected chi connectivity index (χ2v) is 8.84. The molecule has 2 aliphatic rings. The Bertz CT molecular complexity index is 614. The highest BCUT2D eigenvalue weighted by atomic mass is 32.1. The molecule has 0 aliphatic carbocycles. The third kappa shape index (κ3) is 5.77. The van der Waals surface area contributed by atoms with Gasteiger partial charge in [0.25, 0.3) is 0 Å². The van der Waals surface area contributed by atoms with Gasteiger partial charge in [-0.05, 0) is 43.7 Å². The standard InChI is InChI=1S/C20H31N3O3S/c1-21-10-12-22(13-11-21)18-8-9-23(15-16(18)4-7-20(25)26)19(24)6-5-17-3-2-14-27-17/h2-3,14,16,18H,4-13,15H2,1H3,(H,25,26). The number of carbonyl (C=O) groups is 2. The van der Waals surface area contributed by atoms with Gasteiger partial charge in [0.1, 0.15) is 0 Å². The molecule has 3 heterocycles. The average Bonchev–Trinajstić information content (AvgIpc) is 3.18. The fourth-order valence-corrected chi connectivity index (χ4v) is 5.03. The van der Waals surface area contributed by atoms with E-state index in [0.29, 0.717) is 25.4 Å². The van der Waals surface area contributed by atoms with Crippen LogP contribution in [0.15, 0.2) is 17.5 Å². The number of carboxylic acid groups (broad SMARTS) is 1. The van der Waals surface area contributed by atoms with Gasteiger partial charge in [-0.2, -0.15) is 0 Å². The van der Waals surface area contributed by atoms with Crippen molar-refractivity contribution >= 4 is 23.2 Å². The van der Waals surface area contributed by atoms with Gasteiger partial charge in [0.15, 0.2) is 0 Å². The molecule has 6 nitrogen and oxygen atoms in total. The Balaban J connectivity index is 1.57. The number of piperidine rings is 1. The molecule has 0 saturated carbocycles. The minimum absolute atomic E-state index is 0.187. The highest BCUT2D eigenvalue weighted by Crippen LogP contribution is 2.28. The maximum absolute atomic E-state index is 12.7. The molecule has 0 aromatic carbocycles. The molecule has 2 saturated heterocycles. The lowest BCUT2D eigenvalue weighted by Gasteiger charge is -2.46. The summed E-state index contributed by atoms with van der Waals surface area (Å²) in [5.41, 5.74) is 0. The predicted molar refractivity (Wildman–Crippen MR) is 107 cm³/mol. The zero-order chi connectivity index (χ0) is 19.2. The Morgan fingerprint density at radius 3 is 2.63 bits per heavy atom. The van der Waals surface area contributed by atoms with Crippen LogP contribution in [0.3, 0.4) is 0 Å². The Morgan fingerprint density at radius 2 is 1.96 bits per heavy atom. The van der Waals surface area contributed by atoms with Crippen molar-refractivity contribution in [1.82, 2.24) is 14.7 Å². The van der Waals surface area contributed by atoms with Gasteiger partial charge in [0.2, 0.25) is 5.91 Å². The van der Waals surface area contributed by atoms with Crippen molar-refractivity contribution in [1.29, 1.82) is 0 Å². The third-order valence-corrected chi connectivity index (χ3v) is 6.88. The van der Waals surface area contributed by atoms with E-state index in [1.807, 2.05) is 16.3 Å². The summed E-state index contributed by atoms with van der Waals surface area (Å²) in [6.45, 7) is 5.70. The summed E-state index contributed by atoms with van der Waals surface area (Å²) in [6.07, 6.45) is 3.14. The maximum atomic E-state index is 12.7. The van der Waals surface area contributed by atoms with E-state index in [1.165, 1.54) is 4.88 Å². The van der Waals surface area contributed by atoms with E-state index >= 15 is 0 Å². The molecule has 0 radical (unpaired) electrons. The van der Waals surface area contributed by atoms with Crippen LogP contribution >= 0.6 is 11.3 Å². The number of amides is 1. The molecule has 2 unspecified atom stereocenters. The molecule has 1 aromatic heterocycles. The number of hydrogen-bond donors (Lipinski definition) is 1. The molecule has 0 spiro atoms. The van der Waals surface area contributed by atoms with Gasteiger partial charge >= 0.3 is 5.97 Å². The van der Waals surface area contributed by atoms with Crippen LogP contribution in [0.4, 0.5) is 0 Å². The zero-order valence-corrected chi connectivity index (χ0v) is 17.0. The Hall–Kier alpha value is -1.44. The molecule has 150 valence electrons. The van der Waals surface area contributed by atoms with E-state index < -0.39 is 5.97 Å². The van der Waals surface area contributed by atoms with E-state index in [4.69, 9.17) is 5.11 Å². The van der Waals surface area contributed by atoms with Crippen LogP contribution in [0.5, 0.6) is 0 Å². The molecule has 1 N–H and O–H groups in total. The monoisotopic (exact) mass is 393 g/mol. The first-order valence-corrected chi connectivity index (χ1v) is 10.9. The van der Waals surface area contributed by atoms with Crippen LogP contribution < -0.4 is 0 Å². The van der Waals surface area contributed by atoms with Gasteiger partial charge in [-0.3, -0.25) is 14.5 Å². The highest BCUT2D eigenvalue weighted by Gasteiger charge is 2.35. The van der Waals surface area contributed by atoms with Crippen molar-refractivity contribution in [2.24, 2.45) is 5.92 Å². The minimum atomic E-state index is -0.742. The zero-order valence-electron chi connectivity index (χ0n) is 16.2. The number of thiophene rings is 1. The van der Waals surface area contributed by atoms with E-state index in [-0.39, 0.29) is 18.2 Å². The van der Waals surface area contributed by atoms with Crippen LogP contribution in [0.25, 0.3) is 0 Å². The summed E-state index contributed by atoms with van der Waals surface area (Å²) < 4.78 is 0. The molecule has 1 amide bonds. The minimum Gasteiger partial charge on any atom is -0.481 e. The van der Waals surface area contributed by atoms with Gasteiger partial charge in [-0.25, -0.2) is 0 Å². The summed E-state index contributed by atoms with van der Waals surface area (Å²) >= 11 is 1.70. The number of likely N-dealkylation sites (N-methyl/N-ethyl adjacent to an activating group) is 1. The Labute approximate surface area is 165 Å². The molecule has 2 atom stereocenters. The number of hydrogen-bond acceptors (Lipinski definition) is 5. The molecule has 2 fully saturated rings. The summed E-state index contributed by atoms with van der Waals surface area (Å²) in [5.74, 6) is -0.280. The van der Waals surface area contributed by atoms with Crippen LogP contribution in [-0.4, -0.2) is 84.0 Å². The number of likely N-dealkylation sites (tertiary alicyclic amines) is 1. The van der Waals surface area contributed by atoms with Crippen molar-refractivity contribution in [2.45, 2.75) is 38.1 Å². The summed E-state index contributed by atoms with van der Waals surface area (Å²) in [4.78, 5) is 31.9. The Kier molecular flexibility index (Phi) is 7.26. The van der Waals surface area contributed by atoms with Crippen LogP contribution in [0.1, 0.15) is 30.6 Å². The van der Waals surface area contributed by atoms with Crippen molar-refractivity contribution < 1.29 is 14.7 Å². The number of rotatable bonds is 7. The topological polar surface area (TPSA) is 64.1 Å². The van der Waals surface area contributed by atoms with Gasteiger partial charge in [0.05, 0.1) is 0 Å². The fourth-order valence-electron chi connectivity index (χ4n) is 4.32. The van der Waals surface area contributed by atoms with Crippen LogP contribution in [0, 0.1) is 5.92 Å². The number of carboxylic acids is 1. The lowest BCUT2D eigenvalue weighted by atomic mass is 9.86. The molecular weight excluding hydrogens is 362 g/mol. The quantitative estimate of drug-likeness (QED) is 0.768. The number of piperazine rings is 1. The predicted octanol–water partition coefficient (Wildman–Crippen LogP) is 2.01. The molecule has 0 bridgehead atoms. The third-order valence-electron chi connectivity index (χ3n) is 5.95. The number of aliphatic carboxylic acids is 1. The lowest BCUT2D eigenvalue weighted by Crippen LogP contribution is -2.57. The number of carbonyl (C=O) groups excluding carboxylic acids is 1. The second-order valence-electron chi connectivity index (χ2n) is 7.81. The van der Waals surface area contributed by atoms with Gasteiger partial charge in [0, 0.05) is 63.0 Å². The molecule has 2 aliphatic heterocycles. The normalized spacial score (nSPS) is 24.9. The van der Waals surface area contributed by atoms with Crippen molar-refractivity contribution in [3.8, 4) is 0 Å². The SMILES string of the molecule is CN1CCN(C2CCN(C(=O)CCc3cccs3)CC2CCC(=O)O)CC1. The Morgan fingerprint density at radius 1 is 1.19 bits per heavy atom. The maximum Gasteiger partial charge on any atom is 0.303 e. The average molecular weight is 394 g/mol. The van der Waals surface area contributed by atoms with Gasteiger partial charge in [-0.15, -0.1) is 11.3 Å². The molecule has 27 heavy (non-hydrogen) atoms. The van der Waals surface area contributed by atoms with E-state index in [1.54, 1.807) is 11.3 Å². The summed E-state index contributed by atoms with van der Waals surface area (Å²) in [5, 5.41) is 11.2. The molecule has 3 rings (SSSR count). The smallest absolute Gasteiger partial charge is 0.303 e. The fraction of sp³-hybridized carbons (Fsp3) is 0.700. The second kappa shape index (κ2) is 9.66. The largest absolute Gasteiger partial charge is 0.481 e. The molecular formula is C20H31N3O3S. The van der Waals surface area contributed by atoms with Gasteiger partial charge in [-0.1, -0.05) is 6.07 Å². The van der Waals surface area contributed by atoms with E-state index in [9.17, 15) is 9.59 Å². The first-order valence-electron chi connectivity index (χ1n) is 9.97. The highest BCUT2D eigenvalue weighted by molar-refractivity contribution is 7.09.